The van der Waals surface area contributed by atoms with Crippen LogP contribution < -0.4 is 5.32 Å². The van der Waals surface area contributed by atoms with E-state index in [9.17, 15) is 0 Å². The van der Waals surface area contributed by atoms with Crippen molar-refractivity contribution in [3.8, 4) is 11.5 Å². The van der Waals surface area contributed by atoms with Crippen LogP contribution in [0.1, 0.15) is 25.1 Å². The molecule has 0 aliphatic carbocycles. The highest BCUT2D eigenvalue weighted by Gasteiger charge is 2.07. The van der Waals surface area contributed by atoms with Gasteiger partial charge in [-0.05, 0) is 12.5 Å². The molecule has 4 nitrogen and oxygen atoms in total. The second-order valence-electron chi connectivity index (χ2n) is 4.23. The molecule has 0 radical (unpaired) electrons. The van der Waals surface area contributed by atoms with Crippen molar-refractivity contribution in [1.29, 1.82) is 0 Å². The molecule has 0 amide bonds. The van der Waals surface area contributed by atoms with Gasteiger partial charge >= 0.3 is 0 Å². The molecule has 2 heterocycles. The van der Waals surface area contributed by atoms with Crippen molar-refractivity contribution in [3.05, 3.63) is 28.3 Å². The Kier molecular flexibility index (Phi) is 3.81. The molecule has 5 heteroatoms. The molecule has 0 bridgehead atoms. The molecular formula is C12H16N4S. The van der Waals surface area contributed by atoms with Crippen LogP contribution in [0.4, 0.5) is 0 Å². The van der Waals surface area contributed by atoms with Gasteiger partial charge in [0.1, 0.15) is 5.69 Å². The minimum atomic E-state index is 0.451. The molecule has 0 unspecified atom stereocenters. The predicted octanol–water partition coefficient (Wildman–Crippen LogP) is 2.41. The molecule has 0 aromatic carbocycles. The Bertz CT molecular complexity index is 479. The molecule has 0 spiro atoms. The van der Waals surface area contributed by atoms with Crippen molar-refractivity contribution in [2.45, 2.75) is 33.4 Å². The van der Waals surface area contributed by atoms with Gasteiger partial charge in [-0.1, -0.05) is 13.8 Å². The van der Waals surface area contributed by atoms with Crippen molar-refractivity contribution in [2.75, 3.05) is 0 Å². The standard InChI is InChI=1S/C12H16N4S/c1-8(2)13-5-10-9(3)4-14-12(16-10)11-6-17-7-15-11/h4,6-8,13H,5H2,1-3H3. The van der Waals surface area contributed by atoms with Gasteiger partial charge in [0.05, 0.1) is 11.2 Å². The molecule has 2 aromatic heterocycles. The molecular weight excluding hydrogens is 232 g/mol. The third-order valence-electron chi connectivity index (χ3n) is 2.42. The molecule has 0 saturated carbocycles. The molecule has 0 atom stereocenters. The largest absolute Gasteiger partial charge is 0.309 e. The summed E-state index contributed by atoms with van der Waals surface area (Å²) in [5.74, 6) is 0.706. The topological polar surface area (TPSA) is 50.7 Å². The fourth-order valence-electron chi connectivity index (χ4n) is 1.40. The van der Waals surface area contributed by atoms with E-state index >= 15 is 0 Å². The zero-order valence-electron chi connectivity index (χ0n) is 10.3. The van der Waals surface area contributed by atoms with Crippen molar-refractivity contribution in [2.24, 2.45) is 0 Å². The first-order chi connectivity index (χ1) is 8.16. The fourth-order valence-corrected chi connectivity index (χ4v) is 1.93. The molecule has 1 N–H and O–H groups in total. The highest BCUT2D eigenvalue weighted by atomic mass is 32.1. The van der Waals surface area contributed by atoms with E-state index in [0.29, 0.717) is 11.9 Å². The molecule has 0 aliphatic heterocycles. The van der Waals surface area contributed by atoms with Gasteiger partial charge in [0.2, 0.25) is 0 Å². The minimum Gasteiger partial charge on any atom is -0.309 e. The third kappa shape index (κ3) is 3.08. The number of aryl methyl sites for hydroxylation is 1. The van der Waals surface area contributed by atoms with Crippen LogP contribution in [0.3, 0.4) is 0 Å². The average molecular weight is 248 g/mol. The lowest BCUT2D eigenvalue weighted by Gasteiger charge is -2.10. The SMILES string of the molecule is Cc1cnc(-c2cscn2)nc1CNC(C)C. The summed E-state index contributed by atoms with van der Waals surface area (Å²) in [6.45, 7) is 7.04. The van der Waals surface area contributed by atoms with E-state index in [1.165, 1.54) is 0 Å². The van der Waals surface area contributed by atoms with Gasteiger partial charge in [-0.3, -0.25) is 0 Å². The summed E-state index contributed by atoms with van der Waals surface area (Å²) < 4.78 is 0. The first kappa shape index (κ1) is 12.1. The molecule has 0 aliphatic rings. The van der Waals surface area contributed by atoms with Crippen LogP contribution >= 0.6 is 11.3 Å². The quantitative estimate of drug-likeness (QED) is 0.902. The lowest BCUT2D eigenvalue weighted by atomic mass is 10.2. The zero-order chi connectivity index (χ0) is 12.3. The maximum absolute atomic E-state index is 4.56. The van der Waals surface area contributed by atoms with Crippen LogP contribution in [0.5, 0.6) is 0 Å². The molecule has 17 heavy (non-hydrogen) atoms. The maximum Gasteiger partial charge on any atom is 0.179 e. The summed E-state index contributed by atoms with van der Waals surface area (Å²) in [7, 11) is 0. The van der Waals surface area contributed by atoms with Gasteiger partial charge in [0, 0.05) is 24.2 Å². The molecule has 0 saturated heterocycles. The fraction of sp³-hybridized carbons (Fsp3) is 0.417. The Hall–Kier alpha value is -1.33. The lowest BCUT2D eigenvalue weighted by molar-refractivity contribution is 0.579. The lowest BCUT2D eigenvalue weighted by Crippen LogP contribution is -2.23. The summed E-state index contributed by atoms with van der Waals surface area (Å²) in [5, 5.41) is 5.33. The average Bonchev–Trinajstić information content (AvgIpc) is 2.81. The van der Waals surface area contributed by atoms with E-state index in [1.807, 2.05) is 18.5 Å². The van der Waals surface area contributed by atoms with E-state index in [2.05, 4.69) is 34.1 Å². The predicted molar refractivity (Wildman–Crippen MR) is 69.9 cm³/mol. The number of aromatic nitrogens is 3. The summed E-state index contributed by atoms with van der Waals surface area (Å²) in [6.07, 6.45) is 1.86. The number of hydrogen-bond acceptors (Lipinski definition) is 5. The minimum absolute atomic E-state index is 0.451. The highest BCUT2D eigenvalue weighted by Crippen LogP contribution is 2.15. The number of nitrogens with zero attached hydrogens (tertiary/aromatic N) is 3. The van der Waals surface area contributed by atoms with Gasteiger partial charge in [-0.25, -0.2) is 15.0 Å². The monoisotopic (exact) mass is 248 g/mol. The molecule has 90 valence electrons. The van der Waals surface area contributed by atoms with Crippen molar-refractivity contribution in [1.82, 2.24) is 20.3 Å². The van der Waals surface area contributed by atoms with Crippen molar-refractivity contribution in [3.63, 3.8) is 0 Å². The Morgan fingerprint density at radius 2 is 2.18 bits per heavy atom. The first-order valence-electron chi connectivity index (χ1n) is 5.61. The van der Waals surface area contributed by atoms with Crippen LogP contribution in [0.2, 0.25) is 0 Å². The van der Waals surface area contributed by atoms with Gasteiger partial charge < -0.3 is 5.32 Å². The van der Waals surface area contributed by atoms with Crippen LogP contribution in [0.25, 0.3) is 11.5 Å². The summed E-state index contributed by atoms with van der Waals surface area (Å²) in [5.41, 5.74) is 4.79. The zero-order valence-corrected chi connectivity index (χ0v) is 11.1. The van der Waals surface area contributed by atoms with Crippen molar-refractivity contribution < 1.29 is 0 Å². The summed E-state index contributed by atoms with van der Waals surface area (Å²) in [6, 6.07) is 0.451. The Morgan fingerprint density at radius 3 is 2.82 bits per heavy atom. The van der Waals surface area contributed by atoms with Crippen LogP contribution in [-0.4, -0.2) is 21.0 Å². The van der Waals surface area contributed by atoms with E-state index < -0.39 is 0 Å². The Labute approximate surface area is 105 Å². The highest BCUT2D eigenvalue weighted by molar-refractivity contribution is 7.07. The normalized spacial score (nSPS) is 11.1. The Morgan fingerprint density at radius 1 is 1.35 bits per heavy atom. The first-order valence-corrected chi connectivity index (χ1v) is 6.55. The Balaban J connectivity index is 2.23. The van der Waals surface area contributed by atoms with E-state index in [0.717, 1.165) is 23.5 Å². The molecule has 2 aromatic rings. The molecule has 0 fully saturated rings. The van der Waals surface area contributed by atoms with Crippen LogP contribution in [-0.2, 0) is 6.54 Å². The van der Waals surface area contributed by atoms with Crippen LogP contribution in [0.15, 0.2) is 17.1 Å². The maximum atomic E-state index is 4.56. The number of thiazole rings is 1. The number of rotatable bonds is 4. The second-order valence-corrected chi connectivity index (χ2v) is 4.95. The van der Waals surface area contributed by atoms with Crippen LogP contribution in [0, 0.1) is 6.92 Å². The van der Waals surface area contributed by atoms with Gasteiger partial charge in [0.25, 0.3) is 0 Å². The van der Waals surface area contributed by atoms with E-state index in [4.69, 9.17) is 0 Å². The van der Waals surface area contributed by atoms with E-state index in [1.54, 1.807) is 16.8 Å². The van der Waals surface area contributed by atoms with Crippen molar-refractivity contribution >= 4 is 11.3 Å². The summed E-state index contributed by atoms with van der Waals surface area (Å²) in [4.78, 5) is 13.1. The smallest absolute Gasteiger partial charge is 0.179 e. The van der Waals surface area contributed by atoms with Gasteiger partial charge in [-0.15, -0.1) is 11.3 Å². The van der Waals surface area contributed by atoms with E-state index in [-0.39, 0.29) is 0 Å². The molecule has 2 rings (SSSR count). The second kappa shape index (κ2) is 5.33. The number of nitrogens with one attached hydrogen (secondary N) is 1. The number of hydrogen-bond donors (Lipinski definition) is 1. The third-order valence-corrected chi connectivity index (χ3v) is 3.00. The summed E-state index contributed by atoms with van der Waals surface area (Å²) >= 11 is 1.56. The van der Waals surface area contributed by atoms with Gasteiger partial charge in [-0.2, -0.15) is 0 Å². The van der Waals surface area contributed by atoms with Gasteiger partial charge in [0.15, 0.2) is 5.82 Å².